The molecule has 0 amide bonds. The molecule has 1 rings (SSSR count). The van der Waals surface area contributed by atoms with E-state index in [9.17, 15) is 8.76 Å². The molecule has 0 aliphatic rings. The summed E-state index contributed by atoms with van der Waals surface area (Å²) in [6, 6.07) is 7.09. The van der Waals surface area contributed by atoms with Crippen molar-refractivity contribution in [2.75, 3.05) is 20.6 Å². The van der Waals surface area contributed by atoms with Gasteiger partial charge in [-0.05, 0) is 43.2 Å². The van der Waals surface area contributed by atoms with Crippen molar-refractivity contribution in [2.45, 2.75) is 11.3 Å². The first-order chi connectivity index (χ1) is 6.61. The third kappa shape index (κ3) is 3.21. The van der Waals surface area contributed by atoms with Crippen LogP contribution in [0.4, 0.5) is 0 Å². The molecule has 0 saturated heterocycles. The smallest absolute Gasteiger partial charge is 0.0281 e. The van der Waals surface area contributed by atoms with Crippen molar-refractivity contribution in [1.29, 1.82) is 0 Å². The first-order valence-electron chi connectivity index (χ1n) is 4.43. The predicted octanol–water partition coefficient (Wildman–Crippen LogP) is 1.03. The number of nitrogens with zero attached hydrogens (tertiary/aromatic N) is 1. The van der Waals surface area contributed by atoms with Gasteiger partial charge in [0, 0.05) is 11.4 Å². The second-order valence-electron chi connectivity index (χ2n) is 3.40. The molecule has 0 bridgehead atoms. The van der Waals surface area contributed by atoms with Gasteiger partial charge in [0.1, 0.15) is 0 Å². The van der Waals surface area contributed by atoms with Crippen LogP contribution < -0.4 is 0 Å². The minimum absolute atomic E-state index is 0.411. The van der Waals surface area contributed by atoms with Crippen molar-refractivity contribution in [3.63, 3.8) is 0 Å². The Balaban J connectivity index is 2.79. The van der Waals surface area contributed by atoms with Crippen LogP contribution in [0.15, 0.2) is 29.2 Å². The summed E-state index contributed by atoms with van der Waals surface area (Å²) >= 11 is -2.12. The highest BCUT2D eigenvalue weighted by Gasteiger charge is 2.01. The van der Waals surface area contributed by atoms with E-state index in [1.807, 2.05) is 31.1 Å². The molecule has 0 heterocycles. The van der Waals surface area contributed by atoms with Crippen molar-refractivity contribution in [1.82, 2.24) is 4.90 Å². The molecule has 1 unspecified atom stereocenters. The fraction of sp³-hybridized carbons (Fsp3) is 0.400. The number of hydrogen-bond donors (Lipinski definition) is 0. The highest BCUT2D eigenvalue weighted by atomic mass is 32.2. The van der Waals surface area contributed by atoms with Crippen LogP contribution in [0.5, 0.6) is 0 Å². The van der Waals surface area contributed by atoms with E-state index in [1.54, 1.807) is 12.1 Å². The molecule has 0 fully saturated rings. The molecule has 0 radical (unpaired) electrons. The van der Waals surface area contributed by atoms with Gasteiger partial charge in [0.25, 0.3) is 0 Å². The van der Waals surface area contributed by atoms with E-state index in [0.29, 0.717) is 4.90 Å². The number of likely N-dealkylation sites (N-methyl/N-ethyl adjacent to an activating group) is 1. The predicted molar refractivity (Wildman–Crippen MR) is 55.9 cm³/mol. The SMILES string of the molecule is CN(C)CCc1ccccc1S(=O)[O-]. The van der Waals surface area contributed by atoms with Gasteiger partial charge in [-0.3, -0.25) is 4.21 Å². The maximum atomic E-state index is 10.9. The minimum Gasteiger partial charge on any atom is -0.768 e. The molecule has 1 aromatic carbocycles. The molecule has 3 nitrogen and oxygen atoms in total. The Bertz CT molecular complexity index is 326. The van der Waals surface area contributed by atoms with E-state index in [4.69, 9.17) is 0 Å². The van der Waals surface area contributed by atoms with E-state index < -0.39 is 11.1 Å². The van der Waals surface area contributed by atoms with Crippen LogP contribution in [0.3, 0.4) is 0 Å². The first kappa shape index (κ1) is 11.4. The first-order valence-corrected chi connectivity index (χ1v) is 5.50. The Morgan fingerprint density at radius 3 is 2.57 bits per heavy atom. The molecule has 1 aromatic rings. The minimum atomic E-state index is -2.12. The monoisotopic (exact) mass is 212 g/mol. The van der Waals surface area contributed by atoms with E-state index in [-0.39, 0.29) is 0 Å². The van der Waals surface area contributed by atoms with E-state index in [0.717, 1.165) is 18.5 Å². The molecule has 0 spiro atoms. The quantitative estimate of drug-likeness (QED) is 0.700. The van der Waals surface area contributed by atoms with Gasteiger partial charge in [0.2, 0.25) is 0 Å². The Hall–Kier alpha value is -0.710. The van der Waals surface area contributed by atoms with Crippen molar-refractivity contribution < 1.29 is 8.76 Å². The van der Waals surface area contributed by atoms with Crippen LogP contribution >= 0.6 is 0 Å². The zero-order valence-corrected chi connectivity index (χ0v) is 9.21. The zero-order valence-electron chi connectivity index (χ0n) is 8.40. The second-order valence-corrected chi connectivity index (χ2v) is 4.30. The van der Waals surface area contributed by atoms with Crippen LogP contribution in [0.25, 0.3) is 0 Å². The summed E-state index contributed by atoms with van der Waals surface area (Å²) in [6.07, 6.45) is 0.761. The standard InChI is InChI=1S/C10H15NO2S/c1-11(2)8-7-9-5-3-4-6-10(9)14(12)13/h3-6H,7-8H2,1-2H3,(H,12,13)/p-1. The second kappa shape index (κ2) is 5.24. The fourth-order valence-electron chi connectivity index (χ4n) is 1.22. The Morgan fingerprint density at radius 2 is 2.00 bits per heavy atom. The molecule has 78 valence electrons. The van der Waals surface area contributed by atoms with Gasteiger partial charge in [-0.25, -0.2) is 0 Å². The summed E-state index contributed by atoms with van der Waals surface area (Å²) in [7, 11) is 3.94. The molecular formula is C10H14NO2S-. The van der Waals surface area contributed by atoms with Gasteiger partial charge in [-0.2, -0.15) is 0 Å². The number of hydrogen-bond acceptors (Lipinski definition) is 3. The van der Waals surface area contributed by atoms with Crippen molar-refractivity contribution in [3.8, 4) is 0 Å². The highest BCUT2D eigenvalue weighted by Crippen LogP contribution is 2.12. The van der Waals surface area contributed by atoms with Crippen molar-refractivity contribution in [2.24, 2.45) is 0 Å². The third-order valence-corrected chi connectivity index (χ3v) is 2.74. The summed E-state index contributed by atoms with van der Waals surface area (Å²) in [6.45, 7) is 0.855. The van der Waals surface area contributed by atoms with Gasteiger partial charge in [-0.1, -0.05) is 18.2 Å². The summed E-state index contributed by atoms with van der Waals surface area (Å²) in [5, 5.41) is 0. The molecule has 0 aromatic heterocycles. The lowest BCUT2D eigenvalue weighted by Gasteiger charge is -2.14. The molecule has 1 atom stereocenters. The number of rotatable bonds is 4. The summed E-state index contributed by atoms with van der Waals surface area (Å²) in [5.74, 6) is 0. The maximum absolute atomic E-state index is 10.9. The van der Waals surface area contributed by atoms with Crippen LogP contribution in [-0.2, 0) is 17.5 Å². The van der Waals surface area contributed by atoms with Crippen LogP contribution in [0.1, 0.15) is 5.56 Å². The largest absolute Gasteiger partial charge is 0.768 e. The van der Waals surface area contributed by atoms with Gasteiger partial charge in [0.05, 0.1) is 0 Å². The normalized spacial score (nSPS) is 13.1. The molecule has 0 aliphatic carbocycles. The topological polar surface area (TPSA) is 43.4 Å². The molecule has 4 heteroatoms. The van der Waals surface area contributed by atoms with Crippen molar-refractivity contribution >= 4 is 11.1 Å². The molecule has 0 aliphatic heterocycles. The Kier molecular flexibility index (Phi) is 4.25. The zero-order chi connectivity index (χ0) is 10.6. The molecule has 14 heavy (non-hydrogen) atoms. The molecular weight excluding hydrogens is 198 g/mol. The van der Waals surface area contributed by atoms with Gasteiger partial charge >= 0.3 is 0 Å². The summed E-state index contributed by atoms with van der Waals surface area (Å²) in [5.41, 5.74) is 0.884. The lowest BCUT2D eigenvalue weighted by Crippen LogP contribution is -2.15. The summed E-state index contributed by atoms with van der Waals surface area (Å²) in [4.78, 5) is 2.44. The average Bonchev–Trinajstić information content (AvgIpc) is 2.15. The maximum Gasteiger partial charge on any atom is 0.0281 e. The van der Waals surface area contributed by atoms with Crippen molar-refractivity contribution in [3.05, 3.63) is 29.8 Å². The van der Waals surface area contributed by atoms with E-state index in [1.165, 1.54) is 0 Å². The van der Waals surface area contributed by atoms with Gasteiger partial charge in [-0.15, -0.1) is 0 Å². The lowest BCUT2D eigenvalue weighted by molar-refractivity contribution is 0.412. The van der Waals surface area contributed by atoms with Gasteiger partial charge in [0.15, 0.2) is 0 Å². The van der Waals surface area contributed by atoms with Gasteiger partial charge < -0.3 is 9.45 Å². The Labute approximate surface area is 87.0 Å². The van der Waals surface area contributed by atoms with E-state index in [2.05, 4.69) is 0 Å². The highest BCUT2D eigenvalue weighted by molar-refractivity contribution is 7.79. The fourth-order valence-corrected chi connectivity index (χ4v) is 1.79. The Morgan fingerprint density at radius 1 is 1.36 bits per heavy atom. The summed E-state index contributed by atoms with van der Waals surface area (Å²) < 4.78 is 21.7. The van der Waals surface area contributed by atoms with Crippen LogP contribution in [0, 0.1) is 0 Å². The molecule has 0 N–H and O–H groups in total. The van der Waals surface area contributed by atoms with Crippen LogP contribution in [0.2, 0.25) is 0 Å². The number of benzene rings is 1. The average molecular weight is 212 g/mol. The van der Waals surface area contributed by atoms with Crippen LogP contribution in [-0.4, -0.2) is 34.3 Å². The van der Waals surface area contributed by atoms with E-state index >= 15 is 0 Å². The third-order valence-electron chi connectivity index (χ3n) is 1.98. The lowest BCUT2D eigenvalue weighted by atomic mass is 10.1. The molecule has 0 saturated carbocycles.